The number of thiophene rings is 1. The Morgan fingerprint density at radius 2 is 1.90 bits per heavy atom. The fraction of sp³-hybridized carbons (Fsp3) is 0. The Morgan fingerprint density at radius 3 is 2.67 bits per heavy atom. The number of allylic oxidation sites excluding steroid dienone is 2. The molecule has 104 valence electrons. The van der Waals surface area contributed by atoms with Crippen LogP contribution in [0.2, 0.25) is 0 Å². The normalized spacial score (nSPS) is 12.1. The summed E-state index contributed by atoms with van der Waals surface area (Å²) in [5.41, 5.74) is 1.43. The van der Waals surface area contributed by atoms with E-state index in [1.807, 2.05) is 53.9 Å². The molecule has 0 amide bonds. The molecule has 3 aromatic rings. The van der Waals surface area contributed by atoms with Crippen LogP contribution >= 0.6 is 22.7 Å². The zero-order valence-electron chi connectivity index (χ0n) is 11.1. The molecule has 0 radical (unpaired) electrons. The predicted molar refractivity (Wildman–Crippen MR) is 90.0 cm³/mol. The molecule has 2 aromatic heterocycles. The van der Waals surface area contributed by atoms with Crippen molar-refractivity contribution in [3.63, 3.8) is 0 Å². The van der Waals surface area contributed by atoms with Crippen molar-refractivity contribution in [1.82, 2.24) is 4.98 Å². The lowest BCUT2D eigenvalue weighted by Gasteiger charge is -1.91. The maximum absolute atomic E-state index is 14.1. The Balaban J connectivity index is 1.74. The van der Waals surface area contributed by atoms with E-state index >= 15 is 0 Å². The van der Waals surface area contributed by atoms with Gasteiger partial charge in [-0.15, -0.1) is 22.7 Å². The predicted octanol–water partition coefficient (Wildman–Crippen LogP) is 5.90. The van der Waals surface area contributed by atoms with Crippen LogP contribution in [0.1, 0.15) is 11.3 Å². The summed E-state index contributed by atoms with van der Waals surface area (Å²) in [7, 11) is 0. The van der Waals surface area contributed by atoms with Crippen LogP contribution in [0.15, 0.2) is 65.4 Å². The van der Waals surface area contributed by atoms with Crippen LogP contribution in [0.3, 0.4) is 0 Å². The van der Waals surface area contributed by atoms with E-state index in [0.29, 0.717) is 5.69 Å². The molecule has 0 aliphatic rings. The molecule has 0 fully saturated rings. The van der Waals surface area contributed by atoms with E-state index in [0.717, 1.165) is 15.4 Å². The smallest absolute Gasteiger partial charge is 0.149 e. The quantitative estimate of drug-likeness (QED) is 0.547. The van der Waals surface area contributed by atoms with Gasteiger partial charge in [0.05, 0.1) is 4.88 Å². The molecule has 1 aromatic carbocycles. The molecular formula is C17H12FNS2. The minimum Gasteiger partial charge on any atom is -0.233 e. The van der Waals surface area contributed by atoms with Crippen molar-refractivity contribution in [2.75, 3.05) is 0 Å². The van der Waals surface area contributed by atoms with Crippen molar-refractivity contribution in [2.24, 2.45) is 0 Å². The fourth-order valence-corrected chi connectivity index (χ4v) is 3.41. The Kier molecular flexibility index (Phi) is 4.38. The first-order valence-electron chi connectivity index (χ1n) is 6.41. The van der Waals surface area contributed by atoms with E-state index in [1.54, 1.807) is 22.8 Å². The molecule has 2 heterocycles. The highest BCUT2D eigenvalue weighted by Crippen LogP contribution is 2.30. The molecule has 3 rings (SSSR count). The summed E-state index contributed by atoms with van der Waals surface area (Å²) in [6.07, 6.45) is 5.02. The van der Waals surface area contributed by atoms with E-state index in [-0.39, 0.29) is 5.83 Å². The number of hydrogen-bond acceptors (Lipinski definition) is 3. The van der Waals surface area contributed by atoms with Gasteiger partial charge in [0.1, 0.15) is 16.5 Å². The Labute approximate surface area is 130 Å². The minimum atomic E-state index is -0.318. The van der Waals surface area contributed by atoms with Gasteiger partial charge < -0.3 is 0 Å². The van der Waals surface area contributed by atoms with E-state index in [2.05, 4.69) is 4.98 Å². The van der Waals surface area contributed by atoms with Gasteiger partial charge in [-0.05, 0) is 23.1 Å². The van der Waals surface area contributed by atoms with Gasteiger partial charge >= 0.3 is 0 Å². The summed E-state index contributed by atoms with van der Waals surface area (Å²) in [5.74, 6) is -0.318. The van der Waals surface area contributed by atoms with Gasteiger partial charge in [0.25, 0.3) is 0 Å². The van der Waals surface area contributed by atoms with Gasteiger partial charge in [-0.3, -0.25) is 0 Å². The Hall–Kier alpha value is -2.04. The number of aromatic nitrogens is 1. The van der Waals surface area contributed by atoms with E-state index in [9.17, 15) is 4.39 Å². The van der Waals surface area contributed by atoms with Crippen molar-refractivity contribution in [2.45, 2.75) is 0 Å². The SMILES string of the molecule is F/C(=C\C=C\c1ccccc1)c1csc(-c2cccs2)n1. The molecule has 0 aliphatic carbocycles. The fourth-order valence-electron chi connectivity index (χ4n) is 1.79. The maximum Gasteiger partial charge on any atom is 0.149 e. The van der Waals surface area contributed by atoms with Crippen LogP contribution in [0.25, 0.3) is 21.8 Å². The molecule has 4 heteroatoms. The average Bonchev–Trinajstić information content (AvgIpc) is 3.19. The third-order valence-electron chi connectivity index (χ3n) is 2.81. The standard InChI is InChI=1S/C17H12FNS2/c18-14(9-4-8-13-6-2-1-3-7-13)15-12-21-17(19-15)16-10-5-11-20-16/h1-12H/b8-4+,14-9-. The number of benzene rings is 1. The number of nitrogens with zero attached hydrogens (tertiary/aromatic N) is 1. The van der Waals surface area contributed by atoms with Crippen LogP contribution < -0.4 is 0 Å². The van der Waals surface area contributed by atoms with Gasteiger partial charge in [-0.2, -0.15) is 0 Å². The molecule has 0 saturated carbocycles. The van der Waals surface area contributed by atoms with Crippen LogP contribution in [-0.2, 0) is 0 Å². The number of thiazole rings is 1. The molecule has 1 nitrogen and oxygen atoms in total. The highest BCUT2D eigenvalue weighted by molar-refractivity contribution is 7.20. The van der Waals surface area contributed by atoms with Crippen molar-refractivity contribution in [3.05, 3.63) is 76.6 Å². The minimum absolute atomic E-state index is 0.318. The topological polar surface area (TPSA) is 12.9 Å². The molecule has 21 heavy (non-hydrogen) atoms. The maximum atomic E-state index is 14.1. The zero-order chi connectivity index (χ0) is 14.5. The van der Waals surface area contributed by atoms with Gasteiger partial charge in [0, 0.05) is 5.38 Å². The molecule has 0 bridgehead atoms. The van der Waals surface area contributed by atoms with Crippen LogP contribution in [0.5, 0.6) is 0 Å². The highest BCUT2D eigenvalue weighted by atomic mass is 32.1. The lowest BCUT2D eigenvalue weighted by molar-refractivity contribution is 0.754. The summed E-state index contributed by atoms with van der Waals surface area (Å²) in [6.45, 7) is 0. The number of rotatable bonds is 4. The molecule has 0 N–H and O–H groups in total. The highest BCUT2D eigenvalue weighted by Gasteiger charge is 2.08. The number of hydrogen-bond donors (Lipinski definition) is 0. The molecule has 0 atom stereocenters. The monoisotopic (exact) mass is 313 g/mol. The number of halogens is 1. The molecule has 0 spiro atoms. The Bertz CT molecular complexity index is 755. The Morgan fingerprint density at radius 1 is 1.05 bits per heavy atom. The van der Waals surface area contributed by atoms with Crippen molar-refractivity contribution < 1.29 is 4.39 Å². The first-order valence-corrected chi connectivity index (χ1v) is 8.17. The second-order valence-corrected chi connectivity index (χ2v) is 6.11. The van der Waals surface area contributed by atoms with Gasteiger partial charge in [0.2, 0.25) is 0 Å². The second-order valence-electron chi connectivity index (χ2n) is 4.30. The van der Waals surface area contributed by atoms with Gasteiger partial charge in [-0.1, -0.05) is 48.6 Å². The first kappa shape index (κ1) is 13.9. The molecule has 0 unspecified atom stereocenters. The van der Waals surface area contributed by atoms with E-state index in [1.165, 1.54) is 17.4 Å². The molecule has 0 saturated heterocycles. The van der Waals surface area contributed by atoms with Crippen molar-refractivity contribution in [3.8, 4) is 9.88 Å². The van der Waals surface area contributed by atoms with Crippen LogP contribution in [0, 0.1) is 0 Å². The van der Waals surface area contributed by atoms with Gasteiger partial charge in [0.15, 0.2) is 0 Å². The average molecular weight is 313 g/mol. The van der Waals surface area contributed by atoms with Crippen LogP contribution in [-0.4, -0.2) is 4.98 Å². The zero-order valence-corrected chi connectivity index (χ0v) is 12.7. The summed E-state index contributed by atoms with van der Waals surface area (Å²) < 4.78 is 14.1. The lowest BCUT2D eigenvalue weighted by atomic mass is 10.2. The summed E-state index contributed by atoms with van der Waals surface area (Å²) in [5, 5.41) is 4.60. The second kappa shape index (κ2) is 6.61. The first-order chi connectivity index (χ1) is 10.3. The van der Waals surface area contributed by atoms with Crippen LogP contribution in [0.4, 0.5) is 4.39 Å². The summed E-state index contributed by atoms with van der Waals surface area (Å²) in [4.78, 5) is 5.40. The van der Waals surface area contributed by atoms with E-state index < -0.39 is 0 Å². The molecule has 0 aliphatic heterocycles. The molecular weight excluding hydrogens is 301 g/mol. The third-order valence-corrected chi connectivity index (χ3v) is 4.69. The van der Waals surface area contributed by atoms with Gasteiger partial charge in [-0.25, -0.2) is 9.37 Å². The largest absolute Gasteiger partial charge is 0.233 e. The van der Waals surface area contributed by atoms with Crippen molar-refractivity contribution >= 4 is 34.6 Å². The lowest BCUT2D eigenvalue weighted by Crippen LogP contribution is -1.77. The van der Waals surface area contributed by atoms with Crippen molar-refractivity contribution in [1.29, 1.82) is 0 Å². The third kappa shape index (κ3) is 3.54. The summed E-state index contributed by atoms with van der Waals surface area (Å²) >= 11 is 3.07. The summed E-state index contributed by atoms with van der Waals surface area (Å²) in [6, 6.07) is 13.8. The van der Waals surface area contributed by atoms with E-state index in [4.69, 9.17) is 0 Å².